The second-order valence-electron chi connectivity index (χ2n) is 2.00. The number of nitro groups is 1. The second-order valence-corrected chi connectivity index (χ2v) is 2.40. The van der Waals surface area contributed by atoms with Gasteiger partial charge in [0.15, 0.2) is 5.11 Å². The Morgan fingerprint density at radius 1 is 1.31 bits per heavy atom. The Morgan fingerprint density at radius 2 is 1.69 bits per heavy atom. The van der Waals surface area contributed by atoms with Crippen LogP contribution in [0.5, 0.6) is 0 Å². The van der Waals surface area contributed by atoms with Gasteiger partial charge in [-0.1, -0.05) is 0 Å². The van der Waals surface area contributed by atoms with E-state index in [-0.39, 0.29) is 34.7 Å². The van der Waals surface area contributed by atoms with E-state index in [4.69, 9.17) is 0 Å². The summed E-state index contributed by atoms with van der Waals surface area (Å²) in [6.45, 7) is 0. The zero-order valence-corrected chi connectivity index (χ0v) is 6.38. The van der Waals surface area contributed by atoms with E-state index in [1.165, 1.54) is 0 Å². The minimum atomic E-state index is -1.89. The first kappa shape index (κ1) is 12.4. The van der Waals surface area contributed by atoms with Crippen molar-refractivity contribution in [2.24, 2.45) is 0 Å². The molecular weight excluding hydrogens is 209 g/mol. The Morgan fingerprint density at radius 3 is 2.00 bits per heavy atom. The number of carbonyl (C=O) groups is 2. The Kier molecular flexibility index (Phi) is 4.40. The average molecular weight is 213 g/mol. The fourth-order valence-electron chi connectivity index (χ4n) is 0.702. The zero-order chi connectivity index (χ0) is 9.30. The first-order valence-electron chi connectivity index (χ1n) is 2.81. The van der Waals surface area contributed by atoms with Crippen LogP contribution in [0.4, 0.5) is 0 Å². The van der Waals surface area contributed by atoms with Gasteiger partial charge in [-0.15, -0.1) is 0 Å². The molecule has 66 valence electrons. The van der Waals surface area contributed by atoms with Gasteiger partial charge < -0.3 is 0 Å². The molecule has 13 heavy (non-hydrogen) atoms. The van der Waals surface area contributed by atoms with E-state index in [0.29, 0.717) is 0 Å². The number of thiocarbonyl (C=S) groups is 1. The summed E-state index contributed by atoms with van der Waals surface area (Å²) in [4.78, 5) is 30.7. The van der Waals surface area contributed by atoms with Crippen molar-refractivity contribution in [3.8, 4) is 0 Å². The average Bonchev–Trinajstić information content (AvgIpc) is 1.82. The fraction of sp³-hybridized carbons (Fsp3) is 0.250. The molecule has 0 aromatic carbocycles. The van der Waals surface area contributed by atoms with E-state index in [2.05, 4.69) is 12.2 Å². The third-order valence-electron chi connectivity index (χ3n) is 1.18. The molecule has 0 bridgehead atoms. The van der Waals surface area contributed by atoms with Crippen LogP contribution in [0.2, 0.25) is 0 Å². The van der Waals surface area contributed by atoms with Gasteiger partial charge in [-0.05, 0) is 12.2 Å². The topological polar surface area (TPSA) is 101 Å². The predicted octanol–water partition coefficient (Wildman–Crippen LogP) is -2.49. The van der Waals surface area contributed by atoms with E-state index in [9.17, 15) is 19.7 Å². The molecule has 1 aliphatic heterocycles. The molecule has 0 atom stereocenters. The van der Waals surface area contributed by atoms with Crippen LogP contribution in [0, 0.1) is 10.1 Å². The van der Waals surface area contributed by atoms with Crippen molar-refractivity contribution in [2.75, 3.05) is 0 Å². The minimum absolute atomic E-state index is 0. The number of rotatable bonds is 1. The molecule has 1 fully saturated rings. The molecule has 0 radical (unpaired) electrons. The van der Waals surface area contributed by atoms with Crippen LogP contribution in [0.25, 0.3) is 0 Å². The molecule has 9 heteroatoms. The zero-order valence-electron chi connectivity index (χ0n) is 5.57. The van der Waals surface area contributed by atoms with E-state index >= 15 is 0 Å². The third-order valence-corrected chi connectivity index (χ3v) is 1.39. The molecule has 1 aliphatic rings. The van der Waals surface area contributed by atoms with Crippen LogP contribution in [-0.2, 0) is 9.59 Å². The van der Waals surface area contributed by atoms with Crippen molar-refractivity contribution < 1.29 is 14.5 Å². The SMILES string of the molecule is O=C1NC(=S)NC(=O)C1[N+](=O)[O-].[NaH]. The van der Waals surface area contributed by atoms with Crippen LogP contribution >= 0.6 is 12.2 Å². The van der Waals surface area contributed by atoms with Crippen molar-refractivity contribution in [1.29, 1.82) is 0 Å². The summed E-state index contributed by atoms with van der Waals surface area (Å²) in [5.41, 5.74) is 0. The van der Waals surface area contributed by atoms with Crippen molar-refractivity contribution in [1.82, 2.24) is 10.6 Å². The quantitative estimate of drug-likeness (QED) is 0.165. The van der Waals surface area contributed by atoms with E-state index < -0.39 is 22.8 Å². The Balaban J connectivity index is 0.00000144. The van der Waals surface area contributed by atoms with Gasteiger partial charge in [0.05, 0.1) is 0 Å². The molecule has 0 unspecified atom stereocenters. The summed E-state index contributed by atoms with van der Waals surface area (Å²) in [7, 11) is 0. The summed E-state index contributed by atoms with van der Waals surface area (Å²) in [6.07, 6.45) is 0. The molecular formula is C4H4N3NaO4S. The Hall–Kier alpha value is -0.570. The molecule has 0 saturated carbocycles. The molecule has 0 aliphatic carbocycles. The summed E-state index contributed by atoms with van der Waals surface area (Å²) in [6, 6.07) is -1.89. The first-order valence-corrected chi connectivity index (χ1v) is 3.22. The summed E-state index contributed by atoms with van der Waals surface area (Å²) in [5, 5.41) is 13.8. The van der Waals surface area contributed by atoms with E-state index in [0.717, 1.165) is 0 Å². The van der Waals surface area contributed by atoms with E-state index in [1.54, 1.807) is 0 Å². The van der Waals surface area contributed by atoms with Crippen molar-refractivity contribution in [3.05, 3.63) is 10.1 Å². The molecule has 0 aromatic heterocycles. The molecule has 0 aromatic rings. The number of nitrogens with one attached hydrogen (secondary N) is 2. The number of nitrogens with zero attached hydrogens (tertiary/aromatic N) is 1. The third kappa shape index (κ3) is 2.69. The van der Waals surface area contributed by atoms with Gasteiger partial charge in [0.25, 0.3) is 0 Å². The second kappa shape index (κ2) is 4.61. The van der Waals surface area contributed by atoms with E-state index in [1.807, 2.05) is 10.6 Å². The van der Waals surface area contributed by atoms with Gasteiger partial charge in [-0.3, -0.25) is 30.3 Å². The predicted molar refractivity (Wildman–Crippen MR) is 46.8 cm³/mol. The summed E-state index contributed by atoms with van der Waals surface area (Å²) < 4.78 is 0. The number of hydrogen-bond donors (Lipinski definition) is 2. The number of carbonyl (C=O) groups excluding carboxylic acids is 2. The van der Waals surface area contributed by atoms with Gasteiger partial charge in [0.1, 0.15) is 0 Å². The number of amides is 2. The van der Waals surface area contributed by atoms with Crippen molar-refractivity contribution in [3.63, 3.8) is 0 Å². The molecule has 0 spiro atoms. The van der Waals surface area contributed by atoms with Gasteiger partial charge in [-0.25, -0.2) is 0 Å². The molecule has 7 nitrogen and oxygen atoms in total. The van der Waals surface area contributed by atoms with Gasteiger partial charge in [0, 0.05) is 4.92 Å². The molecule has 2 amide bonds. The summed E-state index contributed by atoms with van der Waals surface area (Å²) in [5.74, 6) is -2.01. The Bertz CT molecular complexity index is 273. The van der Waals surface area contributed by atoms with Gasteiger partial charge in [0.2, 0.25) is 0 Å². The van der Waals surface area contributed by atoms with Crippen LogP contribution < -0.4 is 10.6 Å². The van der Waals surface area contributed by atoms with Gasteiger partial charge >= 0.3 is 47.4 Å². The molecule has 1 heterocycles. The van der Waals surface area contributed by atoms with Crippen molar-refractivity contribution in [2.45, 2.75) is 6.04 Å². The van der Waals surface area contributed by atoms with Crippen LogP contribution in [0.15, 0.2) is 0 Å². The maximum absolute atomic E-state index is 10.8. The fourth-order valence-corrected chi connectivity index (χ4v) is 0.903. The Labute approximate surface area is 99.7 Å². The molecule has 1 saturated heterocycles. The number of hydrogen-bond acceptors (Lipinski definition) is 5. The van der Waals surface area contributed by atoms with Crippen molar-refractivity contribution >= 4 is 58.7 Å². The molecule has 2 N–H and O–H groups in total. The van der Waals surface area contributed by atoms with Crippen LogP contribution in [-0.4, -0.2) is 57.4 Å². The van der Waals surface area contributed by atoms with Crippen LogP contribution in [0.1, 0.15) is 0 Å². The maximum atomic E-state index is 10.8. The van der Waals surface area contributed by atoms with Crippen LogP contribution in [0.3, 0.4) is 0 Å². The summed E-state index contributed by atoms with van der Waals surface area (Å²) >= 11 is 4.41. The monoisotopic (exact) mass is 213 g/mol. The normalized spacial score (nSPS) is 17.1. The molecule has 1 rings (SSSR count). The van der Waals surface area contributed by atoms with Gasteiger partial charge in [-0.2, -0.15) is 0 Å². The first-order chi connectivity index (χ1) is 5.52. The standard InChI is InChI=1S/C4H3N3O4S.Na.H/c8-2-1(7(10)11)3(9)6-4(12)5-2;;/h1H,(H2,5,6,8,9,12);;.